The zero-order valence-corrected chi connectivity index (χ0v) is 19.8. The smallest absolute Gasteiger partial charge is 0.252 e. The van der Waals surface area contributed by atoms with Gasteiger partial charge < -0.3 is 41.5 Å². The number of methoxy groups -OCH3 is 1. The Morgan fingerprint density at radius 2 is 1.16 bits per heavy atom. The minimum absolute atomic E-state index is 0.278. The van der Waals surface area contributed by atoms with Gasteiger partial charge in [-0.25, -0.2) is 0 Å². The lowest BCUT2D eigenvalue weighted by atomic mass is 9.87. The minimum Gasteiger partial charge on any atom is -0.382 e. The standard InChI is InChI=1S/C21H45N5O5/c1-5-8-22-9-10-23-11-12-24-13-14-25-15-16-26-20(30)18(28)17(27)19(29)21(6-2,7-3)31-4/h17-18,22-25,27-28H,5-16H2,1-4H3,(H,26,30)/t17-,18-/m1/s1. The maximum absolute atomic E-state index is 12.5. The summed E-state index contributed by atoms with van der Waals surface area (Å²) in [5.41, 5.74) is -1.20. The average Bonchev–Trinajstić information content (AvgIpc) is 2.79. The molecule has 0 aliphatic heterocycles. The molecule has 0 fully saturated rings. The first-order valence-corrected chi connectivity index (χ1v) is 11.5. The molecule has 0 bridgehead atoms. The molecule has 184 valence electrons. The van der Waals surface area contributed by atoms with Crippen LogP contribution in [0.5, 0.6) is 0 Å². The van der Waals surface area contributed by atoms with Crippen LogP contribution in [0.25, 0.3) is 0 Å². The van der Waals surface area contributed by atoms with Gasteiger partial charge in [0.1, 0.15) is 5.60 Å². The van der Waals surface area contributed by atoms with Gasteiger partial charge in [0.2, 0.25) is 0 Å². The number of aliphatic hydroxyl groups excluding tert-OH is 2. The first kappa shape index (κ1) is 29.9. The van der Waals surface area contributed by atoms with E-state index in [-0.39, 0.29) is 6.54 Å². The first-order valence-electron chi connectivity index (χ1n) is 11.5. The van der Waals surface area contributed by atoms with Crippen LogP contribution in [0.2, 0.25) is 0 Å². The number of carbonyl (C=O) groups is 2. The molecule has 0 rings (SSSR count). The van der Waals surface area contributed by atoms with E-state index in [0.29, 0.717) is 19.4 Å². The van der Waals surface area contributed by atoms with Crippen LogP contribution in [-0.2, 0) is 14.3 Å². The van der Waals surface area contributed by atoms with E-state index in [1.807, 2.05) is 0 Å². The second kappa shape index (κ2) is 18.4. The molecular formula is C21H45N5O5. The Labute approximate surface area is 187 Å². The maximum Gasteiger partial charge on any atom is 0.252 e. The van der Waals surface area contributed by atoms with E-state index in [4.69, 9.17) is 4.74 Å². The summed E-state index contributed by atoms with van der Waals surface area (Å²) in [6.07, 6.45) is -1.82. The fraction of sp³-hybridized carbons (Fsp3) is 0.905. The first-order chi connectivity index (χ1) is 14.9. The van der Waals surface area contributed by atoms with Crippen LogP contribution in [0.1, 0.15) is 40.0 Å². The number of ether oxygens (including phenoxy) is 1. The normalized spacial score (nSPS) is 13.7. The number of aliphatic hydroxyl groups is 2. The summed E-state index contributed by atoms with van der Waals surface area (Å²) < 4.78 is 5.26. The Morgan fingerprint density at radius 3 is 1.55 bits per heavy atom. The molecule has 0 aromatic rings. The number of hydrogen-bond acceptors (Lipinski definition) is 9. The Balaban J connectivity index is 3.84. The third-order valence-electron chi connectivity index (χ3n) is 5.28. The van der Waals surface area contributed by atoms with Crippen molar-refractivity contribution < 1.29 is 24.5 Å². The van der Waals surface area contributed by atoms with Crippen molar-refractivity contribution in [3.63, 3.8) is 0 Å². The van der Waals surface area contributed by atoms with Crippen molar-refractivity contribution >= 4 is 11.7 Å². The predicted molar refractivity (Wildman–Crippen MR) is 122 cm³/mol. The van der Waals surface area contributed by atoms with Gasteiger partial charge in [-0.05, 0) is 25.8 Å². The zero-order chi connectivity index (χ0) is 23.5. The van der Waals surface area contributed by atoms with Crippen molar-refractivity contribution in [3.8, 4) is 0 Å². The van der Waals surface area contributed by atoms with Gasteiger partial charge in [-0.1, -0.05) is 20.8 Å². The summed E-state index contributed by atoms with van der Waals surface area (Å²) in [5.74, 6) is -1.46. The molecule has 0 aliphatic carbocycles. The molecule has 0 saturated heterocycles. The second-order valence-electron chi connectivity index (χ2n) is 7.45. The van der Waals surface area contributed by atoms with Crippen molar-refractivity contribution in [2.75, 3.05) is 66.0 Å². The molecule has 10 heteroatoms. The molecule has 0 saturated carbocycles. The third kappa shape index (κ3) is 11.9. The quantitative estimate of drug-likeness (QED) is 0.103. The Morgan fingerprint density at radius 1 is 0.742 bits per heavy atom. The highest BCUT2D eigenvalue weighted by Gasteiger charge is 2.43. The second-order valence-corrected chi connectivity index (χ2v) is 7.45. The summed E-state index contributed by atoms with van der Waals surface area (Å²) in [4.78, 5) is 24.5. The zero-order valence-electron chi connectivity index (χ0n) is 19.8. The van der Waals surface area contributed by atoms with Gasteiger partial charge in [-0.3, -0.25) is 9.59 Å². The van der Waals surface area contributed by atoms with Gasteiger partial charge in [0.15, 0.2) is 18.0 Å². The predicted octanol–water partition coefficient (Wildman–Crippen LogP) is -1.63. The van der Waals surface area contributed by atoms with Crippen LogP contribution in [-0.4, -0.2) is 106 Å². The van der Waals surface area contributed by atoms with Gasteiger partial charge in [-0.2, -0.15) is 0 Å². The fourth-order valence-corrected chi connectivity index (χ4v) is 3.13. The van der Waals surface area contributed by atoms with Gasteiger partial charge >= 0.3 is 0 Å². The summed E-state index contributed by atoms with van der Waals surface area (Å²) in [6.45, 7) is 12.8. The molecule has 2 atom stereocenters. The number of carbonyl (C=O) groups excluding carboxylic acids is 2. The van der Waals surface area contributed by atoms with E-state index in [2.05, 4.69) is 33.5 Å². The minimum atomic E-state index is -1.83. The van der Waals surface area contributed by atoms with E-state index in [1.165, 1.54) is 7.11 Å². The highest BCUT2D eigenvalue weighted by Crippen LogP contribution is 2.23. The van der Waals surface area contributed by atoms with Crippen LogP contribution in [0.3, 0.4) is 0 Å². The third-order valence-corrected chi connectivity index (χ3v) is 5.28. The Kier molecular flexibility index (Phi) is 17.8. The van der Waals surface area contributed by atoms with Crippen molar-refractivity contribution in [2.45, 2.75) is 57.8 Å². The van der Waals surface area contributed by atoms with Gasteiger partial charge in [0, 0.05) is 59.5 Å². The van der Waals surface area contributed by atoms with Gasteiger partial charge in [0.25, 0.3) is 5.91 Å². The van der Waals surface area contributed by atoms with Crippen molar-refractivity contribution in [1.82, 2.24) is 26.6 Å². The highest BCUT2D eigenvalue weighted by molar-refractivity contribution is 5.96. The molecule has 10 nitrogen and oxygen atoms in total. The van der Waals surface area contributed by atoms with E-state index in [1.54, 1.807) is 13.8 Å². The van der Waals surface area contributed by atoms with E-state index in [0.717, 1.165) is 52.2 Å². The number of ketones is 1. The Hall–Kier alpha value is -1.14. The van der Waals surface area contributed by atoms with Crippen LogP contribution in [0.4, 0.5) is 0 Å². The summed E-state index contributed by atoms with van der Waals surface area (Å²) in [7, 11) is 1.38. The van der Waals surface area contributed by atoms with Crippen molar-refractivity contribution in [3.05, 3.63) is 0 Å². The molecular weight excluding hydrogens is 402 g/mol. The lowest BCUT2D eigenvalue weighted by Gasteiger charge is -2.31. The highest BCUT2D eigenvalue weighted by atomic mass is 16.5. The number of amides is 1. The molecule has 1 amide bonds. The molecule has 31 heavy (non-hydrogen) atoms. The Bertz CT molecular complexity index is 469. The maximum atomic E-state index is 12.5. The van der Waals surface area contributed by atoms with Crippen LogP contribution in [0.15, 0.2) is 0 Å². The monoisotopic (exact) mass is 447 g/mol. The fourth-order valence-electron chi connectivity index (χ4n) is 3.13. The molecule has 0 heterocycles. The number of nitrogens with one attached hydrogen (secondary N) is 5. The van der Waals surface area contributed by atoms with Crippen LogP contribution >= 0.6 is 0 Å². The molecule has 0 unspecified atom stereocenters. The summed E-state index contributed by atoms with van der Waals surface area (Å²) in [6, 6.07) is 0. The molecule has 0 aromatic heterocycles. The lowest BCUT2D eigenvalue weighted by molar-refractivity contribution is -0.160. The summed E-state index contributed by atoms with van der Waals surface area (Å²) in [5, 5.41) is 35.8. The number of Topliss-reactive ketones (excluding diaryl/α,β-unsaturated/α-hetero) is 1. The van der Waals surface area contributed by atoms with E-state index >= 15 is 0 Å². The molecule has 7 N–H and O–H groups in total. The largest absolute Gasteiger partial charge is 0.382 e. The van der Waals surface area contributed by atoms with Gasteiger partial charge in [-0.15, -0.1) is 0 Å². The van der Waals surface area contributed by atoms with Crippen LogP contribution in [0, 0.1) is 0 Å². The van der Waals surface area contributed by atoms with Crippen molar-refractivity contribution in [2.24, 2.45) is 0 Å². The number of rotatable bonds is 21. The lowest BCUT2D eigenvalue weighted by Crippen LogP contribution is -2.54. The number of hydrogen-bond donors (Lipinski definition) is 7. The average molecular weight is 448 g/mol. The van der Waals surface area contributed by atoms with Crippen LogP contribution < -0.4 is 26.6 Å². The summed E-state index contributed by atoms with van der Waals surface area (Å²) >= 11 is 0. The molecule has 0 aromatic carbocycles. The molecule has 0 aliphatic rings. The molecule has 0 radical (unpaired) electrons. The van der Waals surface area contributed by atoms with E-state index < -0.39 is 29.5 Å². The SMILES string of the molecule is CCCNCCNCCNCCNCCNC(=O)[C@H](O)[C@@H](O)C(=O)C(CC)(CC)OC. The van der Waals surface area contributed by atoms with Crippen molar-refractivity contribution in [1.29, 1.82) is 0 Å². The molecule has 0 spiro atoms. The van der Waals surface area contributed by atoms with E-state index in [9.17, 15) is 19.8 Å². The topological polar surface area (TPSA) is 144 Å². The van der Waals surface area contributed by atoms with Gasteiger partial charge in [0.05, 0.1) is 0 Å².